The molecular weight excluding hydrogens is 304 g/mol. The van der Waals surface area contributed by atoms with Crippen LogP contribution >= 0.6 is 22.9 Å². The number of rotatable bonds is 2. The molecular formula is C16H13ClN2OS. The van der Waals surface area contributed by atoms with E-state index in [0.717, 1.165) is 21.3 Å². The first-order chi connectivity index (χ1) is 10.0. The minimum Gasteiger partial charge on any atom is -0.298 e. The number of hydrogen-bond acceptors (Lipinski definition) is 3. The molecule has 0 bridgehead atoms. The molecule has 21 heavy (non-hydrogen) atoms. The maximum absolute atomic E-state index is 12.3. The van der Waals surface area contributed by atoms with E-state index < -0.39 is 0 Å². The molecule has 2 aromatic carbocycles. The van der Waals surface area contributed by atoms with Crippen molar-refractivity contribution in [1.82, 2.24) is 4.98 Å². The Bertz CT molecular complexity index is 841. The smallest absolute Gasteiger partial charge is 0.257 e. The number of nitrogens with one attached hydrogen (secondary N) is 1. The largest absolute Gasteiger partial charge is 0.298 e. The topological polar surface area (TPSA) is 42.0 Å². The first kappa shape index (κ1) is 14.0. The summed E-state index contributed by atoms with van der Waals surface area (Å²) in [4.78, 5) is 16.7. The normalized spacial score (nSPS) is 10.8. The summed E-state index contributed by atoms with van der Waals surface area (Å²) in [6.45, 7) is 3.94. The van der Waals surface area contributed by atoms with Crippen molar-refractivity contribution in [3.63, 3.8) is 0 Å². The molecule has 0 aliphatic carbocycles. The fraction of sp³-hybridized carbons (Fsp3) is 0.125. The van der Waals surface area contributed by atoms with E-state index in [0.29, 0.717) is 15.7 Å². The fourth-order valence-electron chi connectivity index (χ4n) is 2.18. The third-order valence-corrected chi connectivity index (χ3v) is 4.37. The standard InChI is InChI=1S/C16H13ClN2OS/c1-9-3-5-12(10(2)7-9)15(20)19-16-18-13-6-4-11(17)8-14(13)21-16/h3-8H,1-2H3,(H,18,19,20). The van der Waals surface area contributed by atoms with E-state index in [2.05, 4.69) is 10.3 Å². The number of nitrogens with zero attached hydrogens (tertiary/aromatic N) is 1. The molecule has 0 atom stereocenters. The average Bonchev–Trinajstić information content (AvgIpc) is 2.79. The summed E-state index contributed by atoms with van der Waals surface area (Å²) in [5, 5.41) is 4.10. The van der Waals surface area contributed by atoms with Gasteiger partial charge in [0.05, 0.1) is 10.2 Å². The van der Waals surface area contributed by atoms with Crippen LogP contribution in [0.15, 0.2) is 36.4 Å². The summed E-state index contributed by atoms with van der Waals surface area (Å²) in [6.07, 6.45) is 0. The molecule has 1 amide bonds. The quantitative estimate of drug-likeness (QED) is 0.736. The lowest BCUT2D eigenvalue weighted by Crippen LogP contribution is -2.13. The molecule has 0 spiro atoms. The van der Waals surface area contributed by atoms with Gasteiger partial charge in [-0.1, -0.05) is 40.6 Å². The Morgan fingerprint density at radius 2 is 2.00 bits per heavy atom. The number of aromatic nitrogens is 1. The van der Waals surface area contributed by atoms with E-state index in [1.165, 1.54) is 11.3 Å². The number of hydrogen-bond donors (Lipinski definition) is 1. The average molecular weight is 317 g/mol. The van der Waals surface area contributed by atoms with Gasteiger partial charge in [0.2, 0.25) is 0 Å². The first-order valence-electron chi connectivity index (χ1n) is 6.47. The summed E-state index contributed by atoms with van der Waals surface area (Å²) in [6, 6.07) is 11.2. The van der Waals surface area contributed by atoms with Crippen LogP contribution in [0.3, 0.4) is 0 Å². The zero-order valence-corrected chi connectivity index (χ0v) is 13.2. The van der Waals surface area contributed by atoms with Crippen LogP contribution in [0, 0.1) is 13.8 Å². The third-order valence-electron chi connectivity index (χ3n) is 3.20. The molecule has 3 rings (SSSR count). The molecule has 5 heteroatoms. The number of aryl methyl sites for hydroxylation is 2. The van der Waals surface area contributed by atoms with Gasteiger partial charge >= 0.3 is 0 Å². The van der Waals surface area contributed by atoms with Crippen molar-refractivity contribution in [2.75, 3.05) is 5.32 Å². The van der Waals surface area contributed by atoms with Crippen molar-refractivity contribution in [1.29, 1.82) is 0 Å². The van der Waals surface area contributed by atoms with Crippen LogP contribution < -0.4 is 5.32 Å². The summed E-state index contributed by atoms with van der Waals surface area (Å²) >= 11 is 7.37. The molecule has 106 valence electrons. The van der Waals surface area contributed by atoms with Crippen LogP contribution in [-0.4, -0.2) is 10.9 Å². The number of thiazole rings is 1. The number of anilines is 1. The van der Waals surface area contributed by atoms with Gasteiger partial charge in [-0.05, 0) is 43.7 Å². The predicted octanol–water partition coefficient (Wildman–Crippen LogP) is 4.82. The highest BCUT2D eigenvalue weighted by Gasteiger charge is 2.12. The highest BCUT2D eigenvalue weighted by molar-refractivity contribution is 7.22. The van der Waals surface area contributed by atoms with Crippen molar-refractivity contribution in [3.8, 4) is 0 Å². The predicted molar refractivity (Wildman–Crippen MR) is 88.5 cm³/mol. The lowest BCUT2D eigenvalue weighted by molar-refractivity contribution is 0.102. The molecule has 1 heterocycles. The Morgan fingerprint density at radius 1 is 1.19 bits per heavy atom. The zero-order chi connectivity index (χ0) is 15.0. The zero-order valence-electron chi connectivity index (χ0n) is 11.6. The van der Waals surface area contributed by atoms with Gasteiger partial charge < -0.3 is 0 Å². The van der Waals surface area contributed by atoms with Gasteiger partial charge in [0.15, 0.2) is 5.13 Å². The van der Waals surface area contributed by atoms with Crippen LogP contribution in [0.5, 0.6) is 0 Å². The lowest BCUT2D eigenvalue weighted by Gasteiger charge is -2.06. The second-order valence-corrected chi connectivity index (χ2v) is 6.37. The molecule has 0 radical (unpaired) electrons. The Morgan fingerprint density at radius 3 is 2.76 bits per heavy atom. The SMILES string of the molecule is Cc1ccc(C(=O)Nc2nc3ccc(Cl)cc3s2)c(C)c1. The van der Waals surface area contributed by atoms with E-state index in [9.17, 15) is 4.79 Å². The van der Waals surface area contributed by atoms with Gasteiger partial charge in [-0.25, -0.2) is 4.98 Å². The molecule has 0 fully saturated rings. The van der Waals surface area contributed by atoms with Gasteiger partial charge in [-0.2, -0.15) is 0 Å². The van der Waals surface area contributed by atoms with Crippen LogP contribution in [0.4, 0.5) is 5.13 Å². The van der Waals surface area contributed by atoms with Gasteiger partial charge in [-0.15, -0.1) is 0 Å². The van der Waals surface area contributed by atoms with Gasteiger partial charge in [0.1, 0.15) is 0 Å². The number of carbonyl (C=O) groups is 1. The summed E-state index contributed by atoms with van der Waals surface area (Å²) in [5.74, 6) is -0.141. The number of amides is 1. The molecule has 1 aromatic heterocycles. The van der Waals surface area contributed by atoms with E-state index in [1.54, 1.807) is 6.07 Å². The minimum atomic E-state index is -0.141. The minimum absolute atomic E-state index is 0.141. The highest BCUT2D eigenvalue weighted by atomic mass is 35.5. The molecule has 0 aliphatic heterocycles. The van der Waals surface area contributed by atoms with Gasteiger partial charge in [-0.3, -0.25) is 10.1 Å². The van der Waals surface area contributed by atoms with Crippen molar-refractivity contribution in [2.45, 2.75) is 13.8 Å². The van der Waals surface area contributed by atoms with Crippen LogP contribution in [0.2, 0.25) is 5.02 Å². The van der Waals surface area contributed by atoms with Crippen LogP contribution in [0.1, 0.15) is 21.5 Å². The number of halogens is 1. The molecule has 0 saturated carbocycles. The van der Waals surface area contributed by atoms with E-state index in [4.69, 9.17) is 11.6 Å². The number of carbonyl (C=O) groups excluding carboxylic acids is 1. The molecule has 0 saturated heterocycles. The highest BCUT2D eigenvalue weighted by Crippen LogP contribution is 2.28. The van der Waals surface area contributed by atoms with Crippen LogP contribution in [-0.2, 0) is 0 Å². The van der Waals surface area contributed by atoms with E-state index >= 15 is 0 Å². The van der Waals surface area contributed by atoms with Gasteiger partial charge in [0.25, 0.3) is 5.91 Å². The Labute approximate surface area is 131 Å². The molecule has 1 N–H and O–H groups in total. The summed E-state index contributed by atoms with van der Waals surface area (Å²) < 4.78 is 0.957. The van der Waals surface area contributed by atoms with Gasteiger partial charge in [0, 0.05) is 10.6 Å². The second-order valence-electron chi connectivity index (χ2n) is 4.90. The third kappa shape index (κ3) is 2.91. The summed E-state index contributed by atoms with van der Waals surface area (Å²) in [7, 11) is 0. The number of benzene rings is 2. The number of fused-ring (bicyclic) bond motifs is 1. The summed E-state index contributed by atoms with van der Waals surface area (Å²) in [5.41, 5.74) is 3.59. The van der Waals surface area contributed by atoms with E-state index in [1.807, 2.05) is 44.2 Å². The van der Waals surface area contributed by atoms with Crippen LogP contribution in [0.25, 0.3) is 10.2 Å². The van der Waals surface area contributed by atoms with Crippen molar-refractivity contribution in [2.24, 2.45) is 0 Å². The fourth-order valence-corrected chi connectivity index (χ4v) is 3.32. The van der Waals surface area contributed by atoms with E-state index in [-0.39, 0.29) is 5.91 Å². The van der Waals surface area contributed by atoms with Crippen molar-refractivity contribution < 1.29 is 4.79 Å². The van der Waals surface area contributed by atoms with Crippen molar-refractivity contribution >= 4 is 44.2 Å². The van der Waals surface area contributed by atoms with Crippen molar-refractivity contribution in [3.05, 3.63) is 58.1 Å². The molecule has 3 aromatic rings. The molecule has 3 nitrogen and oxygen atoms in total. The maximum atomic E-state index is 12.3. The molecule has 0 aliphatic rings. The Kier molecular flexibility index (Phi) is 3.66. The monoisotopic (exact) mass is 316 g/mol. The first-order valence-corrected chi connectivity index (χ1v) is 7.67. The Hall–Kier alpha value is -1.91. The maximum Gasteiger partial charge on any atom is 0.257 e. The second kappa shape index (κ2) is 5.47. The lowest BCUT2D eigenvalue weighted by atomic mass is 10.1. The molecule has 0 unspecified atom stereocenters. The Balaban J connectivity index is 1.89.